The molecular formula is C12H18N6O. The van der Waals surface area contributed by atoms with E-state index in [0.29, 0.717) is 23.5 Å². The zero-order chi connectivity index (χ0) is 14.0. The molecule has 0 aliphatic heterocycles. The molecule has 7 nitrogen and oxygen atoms in total. The maximum Gasteiger partial charge on any atom is 0.276 e. The lowest BCUT2D eigenvalue weighted by Crippen LogP contribution is -2.17. The van der Waals surface area contributed by atoms with Gasteiger partial charge in [-0.25, -0.2) is 0 Å². The fourth-order valence-electron chi connectivity index (χ4n) is 1.92. The molecule has 0 aliphatic rings. The third-order valence-corrected chi connectivity index (χ3v) is 2.93. The predicted molar refractivity (Wildman–Crippen MR) is 72.9 cm³/mol. The van der Waals surface area contributed by atoms with Crippen molar-refractivity contribution in [2.75, 3.05) is 11.1 Å². The second-order valence-corrected chi connectivity index (χ2v) is 4.22. The first-order chi connectivity index (χ1) is 9.06. The average molecular weight is 262 g/mol. The lowest BCUT2D eigenvalue weighted by molar-refractivity contribution is 0.101. The quantitative estimate of drug-likeness (QED) is 0.861. The molecule has 0 radical (unpaired) electrons. The van der Waals surface area contributed by atoms with Gasteiger partial charge < -0.3 is 11.1 Å². The zero-order valence-corrected chi connectivity index (χ0v) is 11.3. The second-order valence-electron chi connectivity index (χ2n) is 4.22. The number of rotatable bonds is 4. The van der Waals surface area contributed by atoms with E-state index in [4.69, 9.17) is 5.73 Å². The van der Waals surface area contributed by atoms with Gasteiger partial charge in [0.1, 0.15) is 5.69 Å². The highest BCUT2D eigenvalue weighted by atomic mass is 16.2. The molecule has 7 heteroatoms. The molecule has 0 saturated heterocycles. The van der Waals surface area contributed by atoms with Crippen LogP contribution in [-0.4, -0.2) is 25.5 Å². The summed E-state index contributed by atoms with van der Waals surface area (Å²) in [6, 6.07) is 0. The van der Waals surface area contributed by atoms with Crippen LogP contribution in [0.5, 0.6) is 0 Å². The second kappa shape index (κ2) is 5.13. The summed E-state index contributed by atoms with van der Waals surface area (Å²) in [6.45, 7) is 4.68. The Balaban J connectivity index is 2.22. The summed E-state index contributed by atoms with van der Waals surface area (Å²) < 4.78 is 3.24. The summed E-state index contributed by atoms with van der Waals surface area (Å²) in [5, 5.41) is 11.1. The molecule has 0 atom stereocenters. The zero-order valence-electron chi connectivity index (χ0n) is 11.3. The molecule has 0 saturated carbocycles. The van der Waals surface area contributed by atoms with Crippen LogP contribution in [0.3, 0.4) is 0 Å². The fourth-order valence-corrected chi connectivity index (χ4v) is 1.92. The number of hydrogen-bond acceptors (Lipinski definition) is 4. The van der Waals surface area contributed by atoms with Crippen LogP contribution in [-0.2, 0) is 20.0 Å². The van der Waals surface area contributed by atoms with Crippen molar-refractivity contribution in [2.45, 2.75) is 26.8 Å². The number of nitrogens with zero attached hydrogens (tertiary/aromatic N) is 4. The van der Waals surface area contributed by atoms with Gasteiger partial charge in [0.05, 0.1) is 23.3 Å². The topological polar surface area (TPSA) is 90.8 Å². The maximum atomic E-state index is 12.2. The van der Waals surface area contributed by atoms with Gasteiger partial charge in [-0.15, -0.1) is 0 Å². The molecule has 2 aromatic heterocycles. The standard InChI is InChI=1S/C12H18N6O/c1-4-9-10(13)11(17(3)16-9)12(19)15-8-6-14-18(5-2)7-8/h6-7H,4-5,13H2,1-3H3,(H,15,19). The van der Waals surface area contributed by atoms with Gasteiger partial charge in [-0.3, -0.25) is 14.2 Å². The molecular weight excluding hydrogens is 244 g/mol. The van der Waals surface area contributed by atoms with Gasteiger partial charge in [0.25, 0.3) is 5.91 Å². The summed E-state index contributed by atoms with van der Waals surface area (Å²) >= 11 is 0. The number of aryl methyl sites for hydroxylation is 3. The van der Waals surface area contributed by atoms with E-state index in [-0.39, 0.29) is 5.91 Å². The summed E-state index contributed by atoms with van der Waals surface area (Å²) in [5.41, 5.74) is 8.12. The van der Waals surface area contributed by atoms with E-state index >= 15 is 0 Å². The van der Waals surface area contributed by atoms with E-state index in [9.17, 15) is 4.79 Å². The van der Waals surface area contributed by atoms with E-state index in [2.05, 4.69) is 15.5 Å². The Hall–Kier alpha value is -2.31. The third kappa shape index (κ3) is 2.44. The Bertz CT molecular complexity index is 597. The molecule has 1 amide bonds. The molecule has 0 aromatic carbocycles. The summed E-state index contributed by atoms with van der Waals surface area (Å²) in [5.74, 6) is -0.275. The monoisotopic (exact) mass is 262 g/mol. The molecule has 102 valence electrons. The van der Waals surface area contributed by atoms with Gasteiger partial charge in [-0.1, -0.05) is 6.92 Å². The van der Waals surface area contributed by atoms with Gasteiger partial charge in [0.2, 0.25) is 0 Å². The Morgan fingerprint density at radius 1 is 1.47 bits per heavy atom. The Morgan fingerprint density at radius 2 is 2.21 bits per heavy atom. The van der Waals surface area contributed by atoms with Crippen LogP contribution in [0.2, 0.25) is 0 Å². The van der Waals surface area contributed by atoms with Crippen LogP contribution in [0, 0.1) is 0 Å². The third-order valence-electron chi connectivity index (χ3n) is 2.93. The van der Waals surface area contributed by atoms with E-state index in [1.807, 2.05) is 13.8 Å². The van der Waals surface area contributed by atoms with E-state index < -0.39 is 0 Å². The molecule has 0 unspecified atom stereocenters. The van der Waals surface area contributed by atoms with Gasteiger partial charge in [0.15, 0.2) is 0 Å². The lowest BCUT2D eigenvalue weighted by atomic mass is 10.2. The Morgan fingerprint density at radius 3 is 2.74 bits per heavy atom. The number of nitrogen functional groups attached to an aromatic ring is 1. The van der Waals surface area contributed by atoms with E-state index in [0.717, 1.165) is 12.2 Å². The highest BCUT2D eigenvalue weighted by molar-refractivity contribution is 6.06. The van der Waals surface area contributed by atoms with Crippen LogP contribution in [0.15, 0.2) is 12.4 Å². The van der Waals surface area contributed by atoms with E-state index in [1.165, 1.54) is 4.68 Å². The van der Waals surface area contributed by atoms with Crippen molar-refractivity contribution in [3.05, 3.63) is 23.8 Å². The molecule has 2 heterocycles. The lowest BCUT2D eigenvalue weighted by Gasteiger charge is -2.03. The number of carbonyl (C=O) groups is 1. The van der Waals surface area contributed by atoms with Crippen molar-refractivity contribution in [1.29, 1.82) is 0 Å². The van der Waals surface area contributed by atoms with Crippen molar-refractivity contribution in [3.8, 4) is 0 Å². The van der Waals surface area contributed by atoms with Crippen LogP contribution in [0.4, 0.5) is 11.4 Å². The minimum Gasteiger partial charge on any atom is -0.395 e. The van der Waals surface area contributed by atoms with Crippen LogP contribution >= 0.6 is 0 Å². The van der Waals surface area contributed by atoms with Crippen LogP contribution < -0.4 is 11.1 Å². The van der Waals surface area contributed by atoms with Crippen molar-refractivity contribution < 1.29 is 4.79 Å². The smallest absolute Gasteiger partial charge is 0.276 e. The number of nitrogens with one attached hydrogen (secondary N) is 1. The van der Waals surface area contributed by atoms with Crippen molar-refractivity contribution >= 4 is 17.3 Å². The SMILES string of the molecule is CCc1nn(C)c(C(=O)Nc2cnn(CC)c2)c1N. The Labute approximate surface area is 111 Å². The average Bonchev–Trinajstić information content (AvgIpc) is 2.93. The number of carbonyl (C=O) groups excluding carboxylic acids is 1. The molecule has 2 aromatic rings. The molecule has 2 rings (SSSR count). The van der Waals surface area contributed by atoms with Gasteiger partial charge >= 0.3 is 0 Å². The highest BCUT2D eigenvalue weighted by Crippen LogP contribution is 2.18. The van der Waals surface area contributed by atoms with Gasteiger partial charge in [-0.2, -0.15) is 10.2 Å². The Kier molecular flexibility index (Phi) is 3.55. The minimum absolute atomic E-state index is 0.275. The van der Waals surface area contributed by atoms with Crippen molar-refractivity contribution in [2.24, 2.45) is 7.05 Å². The minimum atomic E-state index is -0.275. The molecule has 0 fully saturated rings. The molecule has 0 bridgehead atoms. The summed E-state index contributed by atoms with van der Waals surface area (Å²) in [7, 11) is 1.71. The first-order valence-corrected chi connectivity index (χ1v) is 6.21. The van der Waals surface area contributed by atoms with Crippen LogP contribution in [0.25, 0.3) is 0 Å². The predicted octanol–water partition coefficient (Wildman–Crippen LogP) is 1.03. The number of anilines is 2. The molecule has 0 aliphatic carbocycles. The van der Waals surface area contributed by atoms with E-state index in [1.54, 1.807) is 24.1 Å². The fraction of sp³-hybridized carbons (Fsp3) is 0.417. The molecule has 19 heavy (non-hydrogen) atoms. The number of hydrogen-bond donors (Lipinski definition) is 2. The first kappa shape index (κ1) is 13.1. The number of nitrogens with two attached hydrogens (primary N) is 1. The summed E-state index contributed by atoms with van der Waals surface area (Å²) in [6.07, 6.45) is 4.07. The van der Waals surface area contributed by atoms with Gasteiger partial charge in [0, 0.05) is 19.8 Å². The molecule has 3 N–H and O–H groups in total. The number of amides is 1. The normalized spacial score (nSPS) is 10.7. The first-order valence-electron chi connectivity index (χ1n) is 6.21. The maximum absolute atomic E-state index is 12.2. The largest absolute Gasteiger partial charge is 0.395 e. The number of aromatic nitrogens is 4. The van der Waals surface area contributed by atoms with Crippen molar-refractivity contribution in [1.82, 2.24) is 19.6 Å². The van der Waals surface area contributed by atoms with Gasteiger partial charge in [-0.05, 0) is 13.3 Å². The van der Waals surface area contributed by atoms with Crippen molar-refractivity contribution in [3.63, 3.8) is 0 Å². The summed E-state index contributed by atoms with van der Waals surface area (Å²) in [4.78, 5) is 12.2. The van der Waals surface area contributed by atoms with Crippen LogP contribution in [0.1, 0.15) is 30.0 Å². The molecule has 0 spiro atoms. The highest BCUT2D eigenvalue weighted by Gasteiger charge is 2.19.